The maximum Gasteiger partial charge on any atom is 0.316 e. The Kier molecular flexibility index (Phi) is 6.59. The molecule has 0 spiro atoms. The number of likely N-dealkylation sites (N-methyl/N-ethyl adjacent to an activating group) is 1. The minimum atomic E-state index is -0.401. The van der Waals surface area contributed by atoms with Gasteiger partial charge in [0.15, 0.2) is 6.61 Å². The third-order valence-electron chi connectivity index (χ3n) is 4.62. The molecule has 28 heavy (non-hydrogen) atoms. The van der Waals surface area contributed by atoms with E-state index in [9.17, 15) is 9.59 Å². The fourth-order valence-corrected chi connectivity index (χ4v) is 2.94. The third-order valence-corrected chi connectivity index (χ3v) is 4.62. The third kappa shape index (κ3) is 5.07. The highest BCUT2D eigenvalue weighted by Crippen LogP contribution is 2.27. The Bertz CT molecular complexity index is 831. The number of rotatable bonds is 9. The van der Waals surface area contributed by atoms with Gasteiger partial charge in [0, 0.05) is 31.3 Å². The topological polar surface area (TPSA) is 110 Å². The van der Waals surface area contributed by atoms with Crippen LogP contribution in [0.3, 0.4) is 0 Å². The van der Waals surface area contributed by atoms with Crippen LogP contribution in [-0.2, 0) is 17.8 Å². The van der Waals surface area contributed by atoms with E-state index in [0.29, 0.717) is 18.7 Å². The summed E-state index contributed by atoms with van der Waals surface area (Å²) in [6.45, 7) is 7.34. The fourth-order valence-electron chi connectivity index (χ4n) is 2.94. The first-order chi connectivity index (χ1) is 13.6. The first kappa shape index (κ1) is 19.8. The maximum atomic E-state index is 12.1. The normalized spacial score (nSPS) is 13.2. The summed E-state index contributed by atoms with van der Waals surface area (Å²) in [6.07, 6.45) is 1.22. The number of benzene rings is 1. The van der Waals surface area contributed by atoms with E-state index in [-0.39, 0.29) is 24.2 Å². The van der Waals surface area contributed by atoms with E-state index in [4.69, 9.17) is 9.26 Å². The van der Waals surface area contributed by atoms with Crippen molar-refractivity contribution in [1.29, 1.82) is 0 Å². The predicted molar refractivity (Wildman–Crippen MR) is 102 cm³/mol. The van der Waals surface area contributed by atoms with Crippen molar-refractivity contribution in [3.63, 3.8) is 0 Å². The molecule has 9 heteroatoms. The van der Waals surface area contributed by atoms with Crippen LogP contribution in [0.1, 0.15) is 42.3 Å². The van der Waals surface area contributed by atoms with Crippen molar-refractivity contribution in [2.45, 2.75) is 33.3 Å². The van der Waals surface area contributed by atoms with E-state index in [0.717, 1.165) is 37.3 Å². The van der Waals surface area contributed by atoms with E-state index < -0.39 is 5.91 Å². The van der Waals surface area contributed by atoms with E-state index in [1.807, 2.05) is 12.1 Å². The second-order valence-corrected chi connectivity index (χ2v) is 6.45. The van der Waals surface area contributed by atoms with Gasteiger partial charge >= 0.3 is 11.8 Å². The van der Waals surface area contributed by atoms with Gasteiger partial charge < -0.3 is 24.8 Å². The van der Waals surface area contributed by atoms with Crippen molar-refractivity contribution in [2.24, 2.45) is 0 Å². The molecule has 0 saturated carbocycles. The number of ether oxygens (including phenoxy) is 1. The molecular formula is C19H25N5O4. The lowest BCUT2D eigenvalue weighted by Gasteiger charge is -2.17. The number of nitrogens with zero attached hydrogens (tertiary/aromatic N) is 3. The van der Waals surface area contributed by atoms with Gasteiger partial charge in [-0.15, -0.1) is 0 Å². The standard InChI is InChI=1S/C19H25N5O4/c1-3-24(4-2)10-9-20-18(26)19-22-16(23-28-19)12-27-14-7-5-13-6-8-17(25)21-15(13)11-14/h5,7,11H,3-4,6,8-10,12H2,1-2H3,(H,20,26)(H,21,25). The molecule has 1 aromatic heterocycles. The van der Waals surface area contributed by atoms with Gasteiger partial charge in [0.25, 0.3) is 0 Å². The van der Waals surface area contributed by atoms with Crippen molar-refractivity contribution < 1.29 is 18.8 Å². The van der Waals surface area contributed by atoms with Gasteiger partial charge in [-0.2, -0.15) is 4.98 Å². The summed E-state index contributed by atoms with van der Waals surface area (Å²) in [5.41, 5.74) is 1.84. The first-order valence-corrected chi connectivity index (χ1v) is 9.47. The minimum absolute atomic E-state index is 0.000494. The van der Waals surface area contributed by atoms with Crippen LogP contribution in [-0.4, -0.2) is 53.0 Å². The first-order valence-electron chi connectivity index (χ1n) is 9.47. The maximum absolute atomic E-state index is 12.1. The summed E-state index contributed by atoms with van der Waals surface area (Å²) in [5, 5.41) is 9.37. The van der Waals surface area contributed by atoms with Crippen molar-refractivity contribution in [3.05, 3.63) is 35.5 Å². The summed E-state index contributed by atoms with van der Waals surface area (Å²) in [6, 6.07) is 5.53. The zero-order valence-corrected chi connectivity index (χ0v) is 16.2. The average molecular weight is 387 g/mol. The van der Waals surface area contributed by atoms with Crippen molar-refractivity contribution in [3.8, 4) is 5.75 Å². The Morgan fingerprint density at radius 2 is 2.14 bits per heavy atom. The molecule has 9 nitrogen and oxygen atoms in total. The molecule has 150 valence electrons. The molecule has 2 amide bonds. The van der Waals surface area contributed by atoms with Crippen molar-refractivity contribution in [2.75, 3.05) is 31.5 Å². The second-order valence-electron chi connectivity index (χ2n) is 6.45. The Hall–Kier alpha value is -2.94. The number of aromatic nitrogens is 2. The quantitative estimate of drug-likeness (QED) is 0.672. The molecule has 2 N–H and O–H groups in total. The molecule has 0 radical (unpaired) electrons. The SMILES string of the molecule is CCN(CC)CCNC(=O)c1nc(COc2ccc3c(c2)NC(=O)CC3)no1. The molecule has 0 bridgehead atoms. The van der Waals surface area contributed by atoms with Crippen LogP contribution < -0.4 is 15.4 Å². The lowest BCUT2D eigenvalue weighted by molar-refractivity contribution is -0.116. The van der Waals surface area contributed by atoms with Gasteiger partial charge in [-0.3, -0.25) is 9.59 Å². The van der Waals surface area contributed by atoms with Crippen LogP contribution in [0.5, 0.6) is 5.75 Å². The summed E-state index contributed by atoms with van der Waals surface area (Å²) < 4.78 is 10.7. The number of carbonyl (C=O) groups excluding carboxylic acids is 2. The highest BCUT2D eigenvalue weighted by atomic mass is 16.5. The van der Waals surface area contributed by atoms with Gasteiger partial charge in [-0.25, -0.2) is 0 Å². The predicted octanol–water partition coefficient (Wildman–Crippen LogP) is 1.60. The Morgan fingerprint density at radius 3 is 2.93 bits per heavy atom. The highest BCUT2D eigenvalue weighted by molar-refractivity contribution is 5.94. The zero-order valence-electron chi connectivity index (χ0n) is 16.2. The van der Waals surface area contributed by atoms with E-state index in [2.05, 4.69) is 39.5 Å². The van der Waals surface area contributed by atoms with E-state index in [1.54, 1.807) is 6.07 Å². The largest absolute Gasteiger partial charge is 0.485 e. The van der Waals surface area contributed by atoms with E-state index >= 15 is 0 Å². The molecular weight excluding hydrogens is 362 g/mol. The molecule has 0 fully saturated rings. The van der Waals surface area contributed by atoms with Gasteiger partial charge in [0.1, 0.15) is 5.75 Å². The molecule has 1 aliphatic heterocycles. The van der Waals surface area contributed by atoms with Crippen LogP contribution >= 0.6 is 0 Å². The van der Waals surface area contributed by atoms with Crippen LogP contribution in [0.4, 0.5) is 5.69 Å². The average Bonchev–Trinajstić information content (AvgIpc) is 3.18. The summed E-state index contributed by atoms with van der Waals surface area (Å²) >= 11 is 0. The molecule has 0 saturated heterocycles. The molecule has 0 aliphatic carbocycles. The molecule has 3 rings (SSSR count). The minimum Gasteiger partial charge on any atom is -0.485 e. The number of aryl methyl sites for hydroxylation is 1. The summed E-state index contributed by atoms with van der Waals surface area (Å²) in [4.78, 5) is 29.8. The second kappa shape index (κ2) is 9.32. The number of fused-ring (bicyclic) bond motifs is 1. The molecule has 1 aromatic carbocycles. The number of hydrogen-bond donors (Lipinski definition) is 2. The van der Waals surface area contributed by atoms with Gasteiger partial charge in [-0.1, -0.05) is 25.1 Å². The summed E-state index contributed by atoms with van der Waals surface area (Å²) in [5.74, 6) is 0.365. The molecule has 0 unspecified atom stereocenters. The van der Waals surface area contributed by atoms with Crippen LogP contribution in [0.15, 0.2) is 22.7 Å². The van der Waals surface area contributed by atoms with Crippen LogP contribution in [0.2, 0.25) is 0 Å². The lowest BCUT2D eigenvalue weighted by atomic mass is 10.0. The molecule has 0 atom stereocenters. The summed E-state index contributed by atoms with van der Waals surface area (Å²) in [7, 11) is 0. The van der Waals surface area contributed by atoms with E-state index in [1.165, 1.54) is 0 Å². The number of amides is 2. The monoisotopic (exact) mass is 387 g/mol. The van der Waals surface area contributed by atoms with Crippen molar-refractivity contribution in [1.82, 2.24) is 20.4 Å². The molecule has 2 heterocycles. The number of carbonyl (C=O) groups is 2. The Labute approximate surface area is 163 Å². The Balaban J connectivity index is 1.50. The van der Waals surface area contributed by atoms with Gasteiger partial charge in [0.2, 0.25) is 11.7 Å². The van der Waals surface area contributed by atoms with Gasteiger partial charge in [-0.05, 0) is 31.1 Å². The number of anilines is 1. The van der Waals surface area contributed by atoms with Gasteiger partial charge in [0.05, 0.1) is 0 Å². The van der Waals surface area contributed by atoms with Crippen LogP contribution in [0.25, 0.3) is 0 Å². The number of hydrogen-bond acceptors (Lipinski definition) is 7. The Morgan fingerprint density at radius 1 is 1.32 bits per heavy atom. The zero-order chi connectivity index (χ0) is 19.9. The molecule has 1 aliphatic rings. The lowest BCUT2D eigenvalue weighted by Crippen LogP contribution is -2.34. The smallest absolute Gasteiger partial charge is 0.316 e. The number of nitrogens with one attached hydrogen (secondary N) is 2. The van der Waals surface area contributed by atoms with Crippen LogP contribution in [0, 0.1) is 0 Å². The van der Waals surface area contributed by atoms with Crippen molar-refractivity contribution >= 4 is 17.5 Å². The fraction of sp³-hybridized carbons (Fsp3) is 0.474. The highest BCUT2D eigenvalue weighted by Gasteiger charge is 2.17. The molecule has 2 aromatic rings.